The number of aromatic nitrogens is 1. The van der Waals surface area contributed by atoms with Crippen molar-refractivity contribution in [3.63, 3.8) is 0 Å². The van der Waals surface area contributed by atoms with Gasteiger partial charge in [-0.05, 0) is 38.3 Å². The first-order valence-corrected chi connectivity index (χ1v) is 10.4. The molecule has 2 aliphatic heterocycles. The number of carbonyl (C=O) groups is 2. The molecule has 2 amide bonds. The van der Waals surface area contributed by atoms with E-state index in [0.29, 0.717) is 12.1 Å². The zero-order valence-corrected chi connectivity index (χ0v) is 17.6. The van der Waals surface area contributed by atoms with Gasteiger partial charge in [0.05, 0.1) is 17.4 Å². The summed E-state index contributed by atoms with van der Waals surface area (Å²) in [5.41, 5.74) is 2.84. The summed E-state index contributed by atoms with van der Waals surface area (Å²) in [4.78, 5) is 33.2. The van der Waals surface area contributed by atoms with Gasteiger partial charge in [0.25, 0.3) is 0 Å². The maximum Gasteiger partial charge on any atom is 0.342 e. The highest BCUT2D eigenvalue weighted by atomic mass is 16.5. The van der Waals surface area contributed by atoms with Gasteiger partial charge in [0, 0.05) is 42.2 Å². The van der Waals surface area contributed by atoms with Crippen LogP contribution in [0.25, 0.3) is 16.5 Å². The highest BCUT2D eigenvalue weighted by molar-refractivity contribution is 6.18. The molecule has 1 aromatic carbocycles. The molecule has 1 aromatic heterocycles. The average Bonchev–Trinajstić information content (AvgIpc) is 3.29. The lowest BCUT2D eigenvalue weighted by Crippen LogP contribution is -2.43. The standard InChI is InChI=1S/C23H29N3O3/c1-15(2)29-21(27)17-13-26(22(28)25-11-7-8-12-25)14-23(3,4)19-16-9-5-6-10-18(16)24-20(17)19/h5-6,9-10,13,15,24H,7-8,11-12,14H2,1-4H3. The summed E-state index contributed by atoms with van der Waals surface area (Å²) in [6, 6.07) is 8.01. The molecule has 0 spiro atoms. The first-order valence-electron chi connectivity index (χ1n) is 10.4. The Labute approximate surface area is 171 Å². The van der Waals surface area contributed by atoms with Crippen LogP contribution in [0.5, 0.6) is 0 Å². The Morgan fingerprint density at radius 2 is 1.83 bits per heavy atom. The summed E-state index contributed by atoms with van der Waals surface area (Å²) in [5.74, 6) is -0.412. The molecule has 0 bridgehead atoms. The summed E-state index contributed by atoms with van der Waals surface area (Å²) in [5, 5.41) is 1.08. The monoisotopic (exact) mass is 395 g/mol. The smallest absolute Gasteiger partial charge is 0.342 e. The van der Waals surface area contributed by atoms with Crippen LogP contribution in [-0.2, 0) is 14.9 Å². The maximum atomic E-state index is 13.2. The summed E-state index contributed by atoms with van der Waals surface area (Å²) in [7, 11) is 0. The molecular formula is C23H29N3O3. The second-order valence-electron chi connectivity index (χ2n) is 8.91. The van der Waals surface area contributed by atoms with Crippen LogP contribution in [0.15, 0.2) is 30.5 Å². The normalized spacial score (nSPS) is 18.6. The number of ether oxygens (including phenoxy) is 1. The van der Waals surface area contributed by atoms with Crippen LogP contribution in [0, 0.1) is 0 Å². The zero-order valence-electron chi connectivity index (χ0n) is 17.6. The van der Waals surface area contributed by atoms with E-state index >= 15 is 0 Å². The summed E-state index contributed by atoms with van der Waals surface area (Å²) >= 11 is 0. The van der Waals surface area contributed by atoms with E-state index in [2.05, 4.69) is 24.9 Å². The van der Waals surface area contributed by atoms with E-state index < -0.39 is 5.97 Å². The van der Waals surface area contributed by atoms with Gasteiger partial charge >= 0.3 is 12.0 Å². The number of hydrogen-bond donors (Lipinski definition) is 1. The maximum absolute atomic E-state index is 13.2. The zero-order chi connectivity index (χ0) is 20.8. The number of esters is 1. The number of carbonyl (C=O) groups excluding carboxylic acids is 2. The number of nitrogens with zero attached hydrogens (tertiary/aromatic N) is 2. The number of aromatic amines is 1. The van der Waals surface area contributed by atoms with Crippen LogP contribution >= 0.6 is 0 Å². The number of nitrogens with one attached hydrogen (secondary N) is 1. The van der Waals surface area contributed by atoms with Gasteiger partial charge in [-0.3, -0.25) is 4.90 Å². The fraction of sp³-hybridized carbons (Fsp3) is 0.478. The number of likely N-dealkylation sites (tertiary alicyclic amines) is 1. The van der Waals surface area contributed by atoms with Crippen molar-refractivity contribution in [3.05, 3.63) is 41.7 Å². The van der Waals surface area contributed by atoms with Gasteiger partial charge in [0.2, 0.25) is 0 Å². The number of benzene rings is 1. The van der Waals surface area contributed by atoms with Crippen LogP contribution in [0.1, 0.15) is 51.8 Å². The minimum Gasteiger partial charge on any atom is -0.459 e. The first-order chi connectivity index (χ1) is 13.8. The summed E-state index contributed by atoms with van der Waals surface area (Å²) in [6.07, 6.45) is 3.50. The molecule has 0 saturated carbocycles. The van der Waals surface area contributed by atoms with Crippen molar-refractivity contribution in [3.8, 4) is 0 Å². The molecule has 29 heavy (non-hydrogen) atoms. The molecule has 0 aliphatic carbocycles. The molecule has 1 fully saturated rings. The van der Waals surface area contributed by atoms with Crippen LogP contribution < -0.4 is 0 Å². The second kappa shape index (κ2) is 7.25. The van der Waals surface area contributed by atoms with E-state index in [-0.39, 0.29) is 17.6 Å². The van der Waals surface area contributed by atoms with Gasteiger partial charge in [0.15, 0.2) is 0 Å². The lowest BCUT2D eigenvalue weighted by molar-refractivity contribution is -0.140. The van der Waals surface area contributed by atoms with Crippen molar-refractivity contribution in [2.24, 2.45) is 0 Å². The lowest BCUT2D eigenvalue weighted by atomic mass is 9.82. The SMILES string of the molecule is CC(C)OC(=O)C1=CN(C(=O)N2CCCC2)CC(C)(C)c2c1[nH]c1ccccc21. The molecular weight excluding hydrogens is 366 g/mol. The fourth-order valence-corrected chi connectivity index (χ4v) is 4.46. The summed E-state index contributed by atoms with van der Waals surface area (Å²) < 4.78 is 5.54. The Morgan fingerprint density at radius 3 is 2.52 bits per heavy atom. The minimum absolute atomic E-state index is 0.0418. The van der Waals surface area contributed by atoms with Crippen LogP contribution in [0.3, 0.4) is 0 Å². The Balaban J connectivity index is 1.86. The molecule has 6 nitrogen and oxygen atoms in total. The van der Waals surface area contributed by atoms with E-state index in [4.69, 9.17) is 4.74 Å². The second-order valence-corrected chi connectivity index (χ2v) is 8.91. The van der Waals surface area contributed by atoms with E-state index in [9.17, 15) is 9.59 Å². The quantitative estimate of drug-likeness (QED) is 0.773. The topological polar surface area (TPSA) is 65.6 Å². The van der Waals surface area contributed by atoms with Crippen molar-refractivity contribution in [2.75, 3.05) is 19.6 Å². The number of H-pyrrole nitrogens is 1. The molecule has 6 heteroatoms. The number of hydrogen-bond acceptors (Lipinski definition) is 3. The van der Waals surface area contributed by atoms with Crippen molar-refractivity contribution in [1.29, 1.82) is 0 Å². The molecule has 154 valence electrons. The van der Waals surface area contributed by atoms with E-state index in [0.717, 1.165) is 48.1 Å². The Morgan fingerprint density at radius 1 is 1.14 bits per heavy atom. The molecule has 1 saturated heterocycles. The van der Waals surface area contributed by atoms with Crippen LogP contribution in [0.2, 0.25) is 0 Å². The predicted octanol–water partition coefficient (Wildman–Crippen LogP) is 4.27. The number of para-hydroxylation sites is 1. The molecule has 3 heterocycles. The van der Waals surface area contributed by atoms with E-state index in [1.54, 1.807) is 11.1 Å². The number of urea groups is 1. The number of amides is 2. The van der Waals surface area contributed by atoms with Gasteiger partial charge in [-0.2, -0.15) is 0 Å². The lowest BCUT2D eigenvalue weighted by Gasteiger charge is -2.32. The molecule has 2 aromatic rings. The van der Waals surface area contributed by atoms with Gasteiger partial charge in [-0.15, -0.1) is 0 Å². The Bertz CT molecular complexity index is 980. The Hall–Kier alpha value is -2.76. The van der Waals surface area contributed by atoms with Crippen molar-refractivity contribution in [1.82, 2.24) is 14.8 Å². The first kappa shape index (κ1) is 19.6. The fourth-order valence-electron chi connectivity index (χ4n) is 4.46. The van der Waals surface area contributed by atoms with Gasteiger partial charge in [0.1, 0.15) is 0 Å². The van der Waals surface area contributed by atoms with Gasteiger partial charge in [-0.1, -0.05) is 32.0 Å². The van der Waals surface area contributed by atoms with E-state index in [1.165, 1.54) is 0 Å². The molecule has 0 unspecified atom stereocenters. The van der Waals surface area contributed by atoms with Crippen LogP contribution in [-0.4, -0.2) is 52.5 Å². The highest BCUT2D eigenvalue weighted by Crippen LogP contribution is 2.40. The molecule has 2 aliphatic rings. The number of fused-ring (bicyclic) bond motifs is 3. The third-order valence-corrected chi connectivity index (χ3v) is 5.69. The van der Waals surface area contributed by atoms with Gasteiger partial charge < -0.3 is 14.6 Å². The van der Waals surface area contributed by atoms with Crippen LogP contribution in [0.4, 0.5) is 4.79 Å². The summed E-state index contributed by atoms with van der Waals surface area (Å²) in [6.45, 7) is 9.95. The third kappa shape index (κ3) is 3.52. The highest BCUT2D eigenvalue weighted by Gasteiger charge is 2.38. The van der Waals surface area contributed by atoms with E-state index in [1.807, 2.05) is 36.9 Å². The van der Waals surface area contributed by atoms with Crippen molar-refractivity contribution < 1.29 is 14.3 Å². The largest absolute Gasteiger partial charge is 0.459 e. The predicted molar refractivity (Wildman–Crippen MR) is 113 cm³/mol. The molecule has 0 atom stereocenters. The van der Waals surface area contributed by atoms with Crippen molar-refractivity contribution >= 4 is 28.5 Å². The average molecular weight is 396 g/mol. The number of rotatable bonds is 2. The van der Waals surface area contributed by atoms with Crippen molar-refractivity contribution in [2.45, 2.75) is 52.1 Å². The minimum atomic E-state index is -0.412. The Kier molecular flexibility index (Phi) is 4.89. The van der Waals surface area contributed by atoms with Gasteiger partial charge in [-0.25, -0.2) is 9.59 Å². The third-order valence-electron chi connectivity index (χ3n) is 5.69. The molecule has 1 N–H and O–H groups in total. The molecule has 4 rings (SSSR count). The molecule has 0 radical (unpaired) electrons.